The van der Waals surface area contributed by atoms with Gasteiger partial charge in [0.1, 0.15) is 5.70 Å². The standard InChI is InChI=1S/C22H16ClNO4S/c1-24-20(22(26)18-10-2-3-11-19(18)29(24,27)28)21(25)16-8-4-6-14(12-16)15-7-5-9-17(23)13-15/h2-13,26H,1H3. The lowest BCUT2D eigenvalue weighted by Gasteiger charge is -2.28. The number of carbonyl (C=O) groups excluding carboxylic acids is 1. The van der Waals surface area contributed by atoms with Gasteiger partial charge in [-0.1, -0.05) is 54.1 Å². The maximum absolute atomic E-state index is 13.2. The van der Waals surface area contributed by atoms with Crippen molar-refractivity contribution in [1.82, 2.24) is 4.31 Å². The van der Waals surface area contributed by atoms with Crippen LogP contribution in [0.4, 0.5) is 0 Å². The zero-order valence-electron chi connectivity index (χ0n) is 15.3. The molecule has 0 radical (unpaired) electrons. The summed E-state index contributed by atoms with van der Waals surface area (Å²) in [5.74, 6) is -0.956. The Bertz CT molecular complexity index is 1280. The number of rotatable bonds is 3. The summed E-state index contributed by atoms with van der Waals surface area (Å²) in [7, 11) is -2.69. The average Bonchev–Trinajstić information content (AvgIpc) is 2.73. The molecule has 3 aromatic carbocycles. The van der Waals surface area contributed by atoms with Crippen LogP contribution in [0.15, 0.2) is 83.4 Å². The van der Waals surface area contributed by atoms with E-state index in [1.807, 2.05) is 12.1 Å². The Labute approximate surface area is 173 Å². The van der Waals surface area contributed by atoms with Crippen molar-refractivity contribution in [2.45, 2.75) is 4.90 Å². The number of benzene rings is 3. The summed E-state index contributed by atoms with van der Waals surface area (Å²) in [4.78, 5) is 13.2. The Morgan fingerprint density at radius 1 is 0.931 bits per heavy atom. The Morgan fingerprint density at radius 3 is 2.31 bits per heavy atom. The number of sulfonamides is 1. The first kappa shape index (κ1) is 19.2. The second kappa shape index (κ2) is 7.06. The molecule has 0 spiro atoms. The van der Waals surface area contributed by atoms with Gasteiger partial charge in [0.05, 0.1) is 4.90 Å². The van der Waals surface area contributed by atoms with Crippen molar-refractivity contribution in [3.63, 3.8) is 0 Å². The second-order valence-corrected chi connectivity index (χ2v) is 8.96. The van der Waals surface area contributed by atoms with Crippen molar-refractivity contribution < 1.29 is 18.3 Å². The van der Waals surface area contributed by atoms with Crippen LogP contribution in [-0.2, 0) is 10.0 Å². The van der Waals surface area contributed by atoms with E-state index in [0.717, 1.165) is 15.4 Å². The number of carbonyl (C=O) groups is 1. The molecule has 0 atom stereocenters. The van der Waals surface area contributed by atoms with Crippen LogP contribution in [0.1, 0.15) is 15.9 Å². The quantitative estimate of drug-likeness (QED) is 0.614. The molecule has 1 N–H and O–H groups in total. The van der Waals surface area contributed by atoms with E-state index < -0.39 is 15.8 Å². The molecule has 1 aliphatic heterocycles. The highest BCUT2D eigenvalue weighted by molar-refractivity contribution is 7.89. The molecule has 0 saturated carbocycles. The molecule has 0 amide bonds. The van der Waals surface area contributed by atoms with Gasteiger partial charge in [0, 0.05) is 23.2 Å². The van der Waals surface area contributed by atoms with E-state index in [9.17, 15) is 18.3 Å². The van der Waals surface area contributed by atoms with Crippen LogP contribution in [-0.4, -0.2) is 30.7 Å². The van der Waals surface area contributed by atoms with Gasteiger partial charge in [-0.3, -0.25) is 9.10 Å². The number of aliphatic hydroxyl groups excluding tert-OH is 1. The second-order valence-electron chi connectivity index (χ2n) is 6.59. The lowest BCUT2D eigenvalue weighted by Crippen LogP contribution is -2.35. The van der Waals surface area contributed by atoms with Gasteiger partial charge in [0.15, 0.2) is 5.76 Å². The van der Waals surface area contributed by atoms with Crippen LogP contribution in [0, 0.1) is 0 Å². The summed E-state index contributed by atoms with van der Waals surface area (Å²) in [6.45, 7) is 0. The van der Waals surface area contributed by atoms with Gasteiger partial charge < -0.3 is 5.11 Å². The summed E-state index contributed by atoms with van der Waals surface area (Å²) >= 11 is 6.06. The number of hydrogen-bond donors (Lipinski definition) is 1. The molecular formula is C22H16ClNO4S. The number of ketones is 1. The summed E-state index contributed by atoms with van der Waals surface area (Å²) in [5.41, 5.74) is 1.65. The van der Waals surface area contributed by atoms with Gasteiger partial charge in [-0.05, 0) is 41.5 Å². The van der Waals surface area contributed by atoms with E-state index in [0.29, 0.717) is 5.02 Å². The highest BCUT2D eigenvalue weighted by Crippen LogP contribution is 2.36. The van der Waals surface area contributed by atoms with Crippen LogP contribution in [0.5, 0.6) is 0 Å². The van der Waals surface area contributed by atoms with Crippen molar-refractivity contribution >= 4 is 33.2 Å². The Hall–Kier alpha value is -3.09. The topological polar surface area (TPSA) is 74.7 Å². The SMILES string of the molecule is CN1C(C(=O)c2cccc(-c3cccc(Cl)c3)c2)=C(O)c2ccccc2S1(=O)=O. The monoisotopic (exact) mass is 425 g/mol. The summed E-state index contributed by atoms with van der Waals surface area (Å²) in [5, 5.41) is 11.3. The molecule has 146 valence electrons. The molecular weight excluding hydrogens is 410 g/mol. The van der Waals surface area contributed by atoms with E-state index in [4.69, 9.17) is 11.6 Å². The fraction of sp³-hybridized carbons (Fsp3) is 0.0455. The molecule has 3 aromatic rings. The zero-order valence-corrected chi connectivity index (χ0v) is 16.9. The first-order valence-electron chi connectivity index (χ1n) is 8.73. The summed E-state index contributed by atoms with van der Waals surface area (Å²) in [6.07, 6.45) is 0. The fourth-order valence-corrected chi connectivity index (χ4v) is 4.92. The van der Waals surface area contributed by atoms with E-state index >= 15 is 0 Å². The Kier molecular flexibility index (Phi) is 4.68. The molecule has 29 heavy (non-hydrogen) atoms. The maximum Gasteiger partial charge on any atom is 0.265 e. The Balaban J connectivity index is 1.84. The number of Topliss-reactive ketones (excluding diaryl/α,β-unsaturated/α-hetero) is 1. The molecule has 0 aliphatic carbocycles. The minimum absolute atomic E-state index is 0.0378. The smallest absolute Gasteiger partial charge is 0.265 e. The van der Waals surface area contributed by atoms with E-state index in [2.05, 4.69) is 0 Å². The molecule has 0 bridgehead atoms. The normalized spacial score (nSPS) is 15.2. The number of hydrogen-bond acceptors (Lipinski definition) is 4. The largest absolute Gasteiger partial charge is 0.505 e. The van der Waals surface area contributed by atoms with E-state index in [-0.39, 0.29) is 27.5 Å². The lowest BCUT2D eigenvalue weighted by molar-refractivity contribution is 0.101. The predicted octanol–water partition coefficient (Wildman–Crippen LogP) is 4.75. The fourth-order valence-electron chi connectivity index (χ4n) is 3.33. The van der Waals surface area contributed by atoms with Crippen molar-refractivity contribution in [3.05, 3.63) is 94.6 Å². The highest BCUT2D eigenvalue weighted by Gasteiger charge is 2.37. The van der Waals surface area contributed by atoms with Crippen LogP contribution in [0.3, 0.4) is 0 Å². The third kappa shape index (κ3) is 3.20. The first-order chi connectivity index (χ1) is 13.8. The van der Waals surface area contributed by atoms with Gasteiger partial charge in [-0.25, -0.2) is 8.42 Å². The van der Waals surface area contributed by atoms with E-state index in [1.165, 1.54) is 19.2 Å². The van der Waals surface area contributed by atoms with Gasteiger partial charge in [-0.2, -0.15) is 0 Å². The van der Waals surface area contributed by atoms with Gasteiger partial charge in [-0.15, -0.1) is 0 Å². The predicted molar refractivity (Wildman–Crippen MR) is 112 cm³/mol. The number of fused-ring (bicyclic) bond motifs is 1. The number of aliphatic hydroxyl groups is 1. The van der Waals surface area contributed by atoms with E-state index in [1.54, 1.807) is 48.5 Å². The Morgan fingerprint density at radius 2 is 1.59 bits per heavy atom. The molecule has 0 unspecified atom stereocenters. The molecule has 1 aliphatic rings. The average molecular weight is 426 g/mol. The van der Waals surface area contributed by atoms with Gasteiger partial charge in [0.2, 0.25) is 5.78 Å². The van der Waals surface area contributed by atoms with Gasteiger partial charge >= 0.3 is 0 Å². The number of nitrogens with zero attached hydrogens (tertiary/aromatic N) is 1. The number of halogens is 1. The third-order valence-electron chi connectivity index (χ3n) is 4.82. The summed E-state index contributed by atoms with van der Waals surface area (Å²) in [6, 6.07) is 20.0. The van der Waals surface area contributed by atoms with Crippen molar-refractivity contribution in [2.24, 2.45) is 0 Å². The van der Waals surface area contributed by atoms with Crippen LogP contribution >= 0.6 is 11.6 Å². The molecule has 0 aromatic heterocycles. The zero-order chi connectivity index (χ0) is 20.8. The highest BCUT2D eigenvalue weighted by atomic mass is 35.5. The van der Waals surface area contributed by atoms with Crippen LogP contribution < -0.4 is 0 Å². The minimum atomic E-state index is -3.95. The van der Waals surface area contributed by atoms with Crippen molar-refractivity contribution in [3.8, 4) is 11.1 Å². The molecule has 0 saturated heterocycles. The van der Waals surface area contributed by atoms with Crippen molar-refractivity contribution in [2.75, 3.05) is 7.05 Å². The third-order valence-corrected chi connectivity index (χ3v) is 6.87. The first-order valence-corrected chi connectivity index (χ1v) is 10.5. The van der Waals surface area contributed by atoms with Crippen molar-refractivity contribution in [1.29, 1.82) is 0 Å². The molecule has 1 heterocycles. The molecule has 4 rings (SSSR count). The lowest BCUT2D eigenvalue weighted by atomic mass is 9.99. The maximum atomic E-state index is 13.2. The molecule has 7 heteroatoms. The van der Waals surface area contributed by atoms with Gasteiger partial charge in [0.25, 0.3) is 10.0 Å². The summed E-state index contributed by atoms with van der Waals surface area (Å²) < 4.78 is 26.5. The molecule has 0 fully saturated rings. The minimum Gasteiger partial charge on any atom is -0.505 e. The molecule has 5 nitrogen and oxygen atoms in total. The van der Waals surface area contributed by atoms with Crippen LogP contribution in [0.2, 0.25) is 5.02 Å². The number of likely N-dealkylation sites (N-methyl/N-ethyl adjacent to an activating group) is 1. The number of allylic oxidation sites excluding steroid dienone is 1. The van der Waals surface area contributed by atoms with Crippen LogP contribution in [0.25, 0.3) is 16.9 Å².